The monoisotopic (exact) mass is 810 g/mol. The number of phenolic OH excluding ortho intramolecular Hbond substituents is 8. The minimum absolute atomic E-state index is 0.0418. The summed E-state index contributed by atoms with van der Waals surface area (Å²) < 4.78 is 30.0. The highest BCUT2D eigenvalue weighted by Crippen LogP contribution is 2.67. The van der Waals surface area contributed by atoms with Crippen LogP contribution in [0.3, 0.4) is 0 Å². The van der Waals surface area contributed by atoms with Gasteiger partial charge in [0.1, 0.15) is 69.7 Å². The van der Waals surface area contributed by atoms with E-state index in [1.54, 1.807) is 0 Å². The molecule has 15 heteroatoms. The van der Waals surface area contributed by atoms with Gasteiger partial charge < -0.3 is 64.5 Å². The van der Waals surface area contributed by atoms with Crippen LogP contribution in [-0.2, 0) is 20.4 Å². The molecule has 4 aliphatic heterocycles. The molecule has 0 fully saturated rings. The third kappa shape index (κ3) is 4.70. The molecular weight excluding hydrogens is 780 g/mol. The minimum Gasteiger partial charge on any atom is -0.508 e. The van der Waals surface area contributed by atoms with E-state index in [1.165, 1.54) is 98.1 Å². The quantitative estimate of drug-likeness (QED) is 0.0550. The number of fused-ring (bicyclic) bond motifs is 8. The number of carbonyl (C=O) groups is 2. The number of aromatic hydroxyl groups is 8. The maximum Gasteiger partial charge on any atom is 0.331 e. The van der Waals surface area contributed by atoms with E-state index >= 15 is 0 Å². The van der Waals surface area contributed by atoms with Crippen molar-refractivity contribution in [3.63, 3.8) is 0 Å². The molecular formula is C45H30O15. The topological polar surface area (TPSA) is 242 Å². The fraction of sp³-hybridized carbons (Fsp3) is 0.111. The number of esters is 2. The highest BCUT2D eigenvalue weighted by atomic mass is 16.6. The van der Waals surface area contributed by atoms with Crippen LogP contribution in [0.2, 0.25) is 0 Å². The van der Waals surface area contributed by atoms with Gasteiger partial charge in [-0.2, -0.15) is 0 Å². The van der Waals surface area contributed by atoms with Gasteiger partial charge in [0.05, 0.1) is 18.2 Å². The van der Waals surface area contributed by atoms with Crippen molar-refractivity contribution in [2.45, 2.75) is 23.0 Å². The van der Waals surface area contributed by atoms with Crippen LogP contribution in [0.4, 0.5) is 0 Å². The Bertz CT molecular complexity index is 2900. The Morgan fingerprint density at radius 3 is 1.47 bits per heavy atom. The Hall–Kier alpha value is -8.20. The lowest BCUT2D eigenvalue weighted by atomic mass is 9.68. The van der Waals surface area contributed by atoms with E-state index in [9.17, 15) is 50.4 Å². The number of hydrogen-bond donors (Lipinski definition) is 8. The molecule has 15 nitrogen and oxygen atoms in total. The predicted octanol–water partition coefficient (Wildman–Crippen LogP) is 6.19. The van der Waals surface area contributed by atoms with Crippen LogP contribution in [0.15, 0.2) is 91.0 Å². The third-order valence-corrected chi connectivity index (χ3v) is 11.4. The highest BCUT2D eigenvalue weighted by Gasteiger charge is 2.67. The number of rotatable bonds is 5. The maximum atomic E-state index is 14.6. The fourth-order valence-electron chi connectivity index (χ4n) is 9.18. The Morgan fingerprint density at radius 1 is 0.500 bits per heavy atom. The van der Waals surface area contributed by atoms with Crippen molar-refractivity contribution in [1.29, 1.82) is 0 Å². The van der Waals surface area contributed by atoms with E-state index < -0.39 is 52.2 Å². The van der Waals surface area contributed by atoms with Crippen LogP contribution in [0, 0.1) is 0 Å². The van der Waals surface area contributed by atoms with Gasteiger partial charge in [0.15, 0.2) is 22.3 Å². The summed E-state index contributed by atoms with van der Waals surface area (Å²) in [5, 5.41) is 86.5. The van der Waals surface area contributed by atoms with Gasteiger partial charge >= 0.3 is 11.9 Å². The molecule has 0 saturated carbocycles. The smallest absolute Gasteiger partial charge is 0.331 e. The lowest BCUT2D eigenvalue weighted by molar-refractivity contribution is -0.139. The van der Waals surface area contributed by atoms with Gasteiger partial charge in [0, 0.05) is 41.5 Å². The second-order valence-corrected chi connectivity index (χ2v) is 14.7. The normalized spacial score (nSPS) is 21.6. The number of ether oxygens (including phenoxy) is 5. The van der Waals surface area contributed by atoms with E-state index in [1.807, 2.05) is 0 Å². The van der Waals surface area contributed by atoms with E-state index in [-0.39, 0.29) is 90.9 Å². The van der Waals surface area contributed by atoms with Crippen molar-refractivity contribution < 1.29 is 74.1 Å². The van der Waals surface area contributed by atoms with Crippen molar-refractivity contribution in [2.24, 2.45) is 0 Å². The zero-order valence-corrected chi connectivity index (χ0v) is 30.9. The predicted molar refractivity (Wildman–Crippen MR) is 207 cm³/mol. The molecule has 300 valence electrons. The standard InChI is InChI=1S/C45H30O15/c1-56-38-30(53)13-22(35-39(38)60-43(55)45(35)37-29(52)15-27(50)18-33(37)58-41(45)20-6-10-24(47)11-7-20)3-2-21-12-25(48)16-31-34(21)44(42(54)59-31)36-28(51)14-26(49)17-32(36)57-40(44)19-4-8-23(46)9-5-19/h2-18,40-41,46-53H,1H3/b3-2+/t40-,41+,44-,45-/m0/s1. The maximum absolute atomic E-state index is 14.6. The molecule has 4 aliphatic rings. The number of benzene rings is 6. The first kappa shape index (κ1) is 36.2. The van der Waals surface area contributed by atoms with Crippen LogP contribution >= 0.6 is 0 Å². The Labute approximate surface area is 338 Å². The van der Waals surface area contributed by atoms with E-state index in [0.717, 1.165) is 12.1 Å². The Morgan fingerprint density at radius 2 is 0.950 bits per heavy atom. The summed E-state index contributed by atoms with van der Waals surface area (Å²) in [5.74, 6) is -5.17. The zero-order valence-electron chi connectivity index (χ0n) is 30.9. The van der Waals surface area contributed by atoms with Crippen molar-refractivity contribution in [2.75, 3.05) is 7.11 Å². The van der Waals surface area contributed by atoms with E-state index in [4.69, 9.17) is 23.7 Å². The molecule has 0 amide bonds. The van der Waals surface area contributed by atoms with Crippen LogP contribution in [0.1, 0.15) is 56.7 Å². The molecule has 0 radical (unpaired) electrons. The molecule has 4 heterocycles. The summed E-state index contributed by atoms with van der Waals surface area (Å²) in [5.41, 5.74) is -3.00. The van der Waals surface area contributed by atoms with Crippen molar-refractivity contribution in [1.82, 2.24) is 0 Å². The zero-order chi connectivity index (χ0) is 42.0. The van der Waals surface area contributed by atoms with Gasteiger partial charge in [-0.15, -0.1) is 0 Å². The number of carbonyl (C=O) groups excluding carboxylic acids is 2. The van der Waals surface area contributed by atoms with Gasteiger partial charge in [0.2, 0.25) is 5.75 Å². The number of methoxy groups -OCH3 is 1. The van der Waals surface area contributed by atoms with Crippen molar-refractivity contribution >= 4 is 24.1 Å². The average Bonchev–Trinajstić information content (AvgIpc) is 3.90. The molecule has 2 spiro atoms. The van der Waals surface area contributed by atoms with Crippen molar-refractivity contribution in [3.05, 3.63) is 136 Å². The summed E-state index contributed by atoms with van der Waals surface area (Å²) in [6.07, 6.45) is 0.367. The second kappa shape index (κ2) is 12.4. The fourth-order valence-corrected chi connectivity index (χ4v) is 9.18. The van der Waals surface area contributed by atoms with Gasteiger partial charge in [-0.3, -0.25) is 9.59 Å². The molecule has 0 unspecified atom stereocenters. The lowest BCUT2D eigenvalue weighted by Crippen LogP contribution is -2.40. The minimum atomic E-state index is -2.04. The lowest BCUT2D eigenvalue weighted by Gasteiger charge is -2.29. The summed E-state index contributed by atoms with van der Waals surface area (Å²) in [7, 11) is 1.25. The average molecular weight is 811 g/mol. The first-order chi connectivity index (χ1) is 28.8. The van der Waals surface area contributed by atoms with Gasteiger partial charge in [-0.25, -0.2) is 0 Å². The summed E-state index contributed by atoms with van der Waals surface area (Å²) >= 11 is 0. The van der Waals surface area contributed by atoms with Crippen LogP contribution in [-0.4, -0.2) is 59.9 Å². The molecule has 4 atom stereocenters. The van der Waals surface area contributed by atoms with E-state index in [2.05, 4.69) is 0 Å². The molecule has 6 aromatic carbocycles. The summed E-state index contributed by atoms with van der Waals surface area (Å²) in [4.78, 5) is 29.1. The van der Waals surface area contributed by atoms with Crippen molar-refractivity contribution in [3.8, 4) is 74.7 Å². The van der Waals surface area contributed by atoms with Crippen LogP contribution < -0.4 is 23.7 Å². The van der Waals surface area contributed by atoms with Gasteiger partial charge in [-0.1, -0.05) is 36.4 Å². The SMILES string of the molecule is COc1c(O)cc(/C=C/c2cc(O)cc3c2[C@]2(C(=O)O3)c3c(O)cc(O)cc3O[C@H]2c2ccc(O)cc2)c2c1OC(=O)[C@]21c2c(O)cc(O)cc2O[C@@H]1c1ccc(O)cc1. The summed E-state index contributed by atoms with van der Waals surface area (Å²) in [6.45, 7) is 0. The van der Waals surface area contributed by atoms with Gasteiger partial charge in [-0.05, 0) is 58.7 Å². The second-order valence-electron chi connectivity index (χ2n) is 14.7. The van der Waals surface area contributed by atoms with E-state index in [0.29, 0.717) is 11.1 Å². The largest absolute Gasteiger partial charge is 0.508 e. The molecule has 60 heavy (non-hydrogen) atoms. The van der Waals surface area contributed by atoms with Crippen LogP contribution in [0.25, 0.3) is 12.2 Å². The first-order valence-corrected chi connectivity index (χ1v) is 18.3. The molecule has 0 saturated heterocycles. The number of phenols is 8. The molecule has 0 bridgehead atoms. The summed E-state index contributed by atoms with van der Waals surface area (Å²) in [6, 6.07) is 20.0. The molecule has 10 rings (SSSR count). The third-order valence-electron chi connectivity index (χ3n) is 11.4. The highest BCUT2D eigenvalue weighted by molar-refractivity contribution is 6.03. The Balaban J connectivity index is 1.23. The van der Waals surface area contributed by atoms with Crippen LogP contribution in [0.5, 0.6) is 74.7 Å². The number of hydrogen-bond acceptors (Lipinski definition) is 15. The molecule has 0 aliphatic carbocycles. The van der Waals surface area contributed by atoms with Gasteiger partial charge in [0.25, 0.3) is 0 Å². The molecule has 8 N–H and O–H groups in total. The first-order valence-electron chi connectivity index (χ1n) is 18.3. The molecule has 0 aromatic heterocycles. The molecule has 6 aromatic rings. The Kier molecular flexibility index (Phi) is 7.47.